The van der Waals surface area contributed by atoms with Crippen molar-refractivity contribution in [3.8, 4) is 0 Å². The van der Waals surface area contributed by atoms with Crippen molar-refractivity contribution < 1.29 is 29.4 Å². The number of rotatable bonds is 9. The van der Waals surface area contributed by atoms with Gasteiger partial charge in [0.15, 0.2) is 0 Å². The highest BCUT2D eigenvalue weighted by Crippen LogP contribution is 2.18. The van der Waals surface area contributed by atoms with E-state index >= 15 is 0 Å². The topological polar surface area (TPSA) is 162 Å². The van der Waals surface area contributed by atoms with Gasteiger partial charge in [-0.05, 0) is 32.1 Å². The Morgan fingerprint density at radius 2 is 1.78 bits per heavy atom. The van der Waals surface area contributed by atoms with Crippen LogP contribution in [-0.2, 0) is 19.2 Å². The number of aliphatic hydroxyl groups excluding tert-OH is 1. The maximum Gasteiger partial charge on any atom is 0.326 e. The number of hydrogen-bond acceptors (Lipinski definition) is 6. The fourth-order valence-electron chi connectivity index (χ4n) is 3.00. The molecule has 0 aromatic carbocycles. The Morgan fingerprint density at radius 3 is 2.30 bits per heavy atom. The Balaban J connectivity index is 2.64. The molecule has 1 aliphatic heterocycles. The van der Waals surface area contributed by atoms with Gasteiger partial charge in [0.05, 0.1) is 12.6 Å². The third kappa shape index (κ3) is 6.47. The van der Waals surface area contributed by atoms with Crippen molar-refractivity contribution in [2.45, 2.75) is 64.2 Å². The van der Waals surface area contributed by atoms with Crippen molar-refractivity contribution in [1.29, 1.82) is 0 Å². The summed E-state index contributed by atoms with van der Waals surface area (Å²) < 4.78 is 0. The van der Waals surface area contributed by atoms with Crippen LogP contribution in [0.2, 0.25) is 0 Å². The number of amides is 3. The average Bonchev–Trinajstić information content (AvgIpc) is 3.07. The van der Waals surface area contributed by atoms with E-state index in [1.54, 1.807) is 0 Å². The molecule has 0 aliphatic carbocycles. The molecule has 154 valence electrons. The summed E-state index contributed by atoms with van der Waals surface area (Å²) in [6.45, 7) is 4.88. The Labute approximate surface area is 158 Å². The SMILES string of the molecule is CC(C)CC(N)C(=O)NC(CO)C(=O)NC(C)C(=O)N1CCCC1C(=O)O. The lowest BCUT2D eigenvalue weighted by Crippen LogP contribution is -2.57. The summed E-state index contributed by atoms with van der Waals surface area (Å²) in [5.41, 5.74) is 5.76. The van der Waals surface area contributed by atoms with E-state index in [-0.39, 0.29) is 5.92 Å². The van der Waals surface area contributed by atoms with E-state index in [2.05, 4.69) is 10.6 Å². The van der Waals surface area contributed by atoms with Gasteiger partial charge in [0.1, 0.15) is 18.1 Å². The van der Waals surface area contributed by atoms with Crippen molar-refractivity contribution in [1.82, 2.24) is 15.5 Å². The molecule has 4 atom stereocenters. The number of aliphatic hydroxyl groups is 1. The molecule has 1 aliphatic rings. The van der Waals surface area contributed by atoms with Gasteiger partial charge in [-0.2, -0.15) is 0 Å². The van der Waals surface area contributed by atoms with Gasteiger partial charge in [0.2, 0.25) is 17.7 Å². The van der Waals surface area contributed by atoms with E-state index in [0.29, 0.717) is 25.8 Å². The third-order valence-corrected chi connectivity index (χ3v) is 4.43. The Hall–Kier alpha value is -2.20. The molecule has 1 saturated heterocycles. The van der Waals surface area contributed by atoms with Crippen LogP contribution in [0.25, 0.3) is 0 Å². The molecule has 27 heavy (non-hydrogen) atoms. The summed E-state index contributed by atoms with van der Waals surface area (Å²) >= 11 is 0. The summed E-state index contributed by atoms with van der Waals surface area (Å²) in [5.74, 6) is -2.73. The van der Waals surface area contributed by atoms with E-state index in [1.807, 2.05) is 13.8 Å². The van der Waals surface area contributed by atoms with Gasteiger partial charge in [0, 0.05) is 6.54 Å². The largest absolute Gasteiger partial charge is 0.480 e. The molecule has 0 aromatic rings. The van der Waals surface area contributed by atoms with E-state index in [0.717, 1.165) is 0 Å². The average molecular weight is 386 g/mol. The van der Waals surface area contributed by atoms with Crippen LogP contribution in [0.1, 0.15) is 40.0 Å². The zero-order chi connectivity index (χ0) is 20.7. The summed E-state index contributed by atoms with van der Waals surface area (Å²) in [5, 5.41) is 23.3. The molecule has 0 bridgehead atoms. The van der Waals surface area contributed by atoms with Crippen LogP contribution in [0.5, 0.6) is 0 Å². The number of carboxylic acid groups (broad SMARTS) is 1. The Bertz CT molecular complexity index is 568. The first kappa shape index (κ1) is 22.8. The van der Waals surface area contributed by atoms with Gasteiger partial charge in [-0.3, -0.25) is 14.4 Å². The second-order valence-corrected chi connectivity index (χ2v) is 7.24. The highest BCUT2D eigenvalue weighted by Gasteiger charge is 2.36. The third-order valence-electron chi connectivity index (χ3n) is 4.43. The molecule has 3 amide bonds. The standard InChI is InChI=1S/C17H30N4O6/c1-9(2)7-11(18)14(23)20-12(8-22)15(24)19-10(3)16(25)21-6-4-5-13(21)17(26)27/h9-13,22H,4-8,18H2,1-3H3,(H,19,24)(H,20,23)(H,26,27). The Morgan fingerprint density at radius 1 is 1.15 bits per heavy atom. The van der Waals surface area contributed by atoms with Crippen LogP contribution in [-0.4, -0.2) is 76.1 Å². The second kappa shape index (κ2) is 10.2. The summed E-state index contributed by atoms with van der Waals surface area (Å²) in [7, 11) is 0. The minimum absolute atomic E-state index is 0.187. The minimum Gasteiger partial charge on any atom is -0.480 e. The van der Waals surface area contributed by atoms with Crippen LogP contribution >= 0.6 is 0 Å². The number of likely N-dealkylation sites (tertiary alicyclic amines) is 1. The molecule has 4 unspecified atom stereocenters. The first-order valence-electron chi connectivity index (χ1n) is 9.08. The molecule has 1 rings (SSSR count). The lowest BCUT2D eigenvalue weighted by Gasteiger charge is -2.26. The molecular weight excluding hydrogens is 356 g/mol. The Kier molecular flexibility index (Phi) is 8.64. The van der Waals surface area contributed by atoms with Crippen molar-refractivity contribution >= 4 is 23.7 Å². The number of hydrogen-bond donors (Lipinski definition) is 5. The maximum atomic E-state index is 12.4. The number of carbonyl (C=O) groups excluding carboxylic acids is 3. The molecule has 1 heterocycles. The normalized spacial score (nSPS) is 20.1. The molecule has 10 nitrogen and oxygen atoms in total. The molecule has 0 radical (unpaired) electrons. The molecule has 1 fully saturated rings. The van der Waals surface area contributed by atoms with E-state index in [9.17, 15) is 24.3 Å². The predicted octanol–water partition coefficient (Wildman–Crippen LogP) is -1.58. The van der Waals surface area contributed by atoms with E-state index in [1.165, 1.54) is 11.8 Å². The first-order valence-corrected chi connectivity index (χ1v) is 9.08. The van der Waals surface area contributed by atoms with Gasteiger partial charge < -0.3 is 31.5 Å². The van der Waals surface area contributed by atoms with Crippen molar-refractivity contribution in [2.75, 3.05) is 13.2 Å². The number of nitrogens with one attached hydrogen (secondary N) is 2. The zero-order valence-corrected chi connectivity index (χ0v) is 16.0. The highest BCUT2D eigenvalue weighted by molar-refractivity contribution is 5.94. The molecule has 0 spiro atoms. The number of aliphatic carboxylic acids is 1. The van der Waals surface area contributed by atoms with Crippen molar-refractivity contribution in [3.05, 3.63) is 0 Å². The van der Waals surface area contributed by atoms with Crippen LogP contribution in [0.4, 0.5) is 0 Å². The second-order valence-electron chi connectivity index (χ2n) is 7.24. The quantitative estimate of drug-likeness (QED) is 0.319. The zero-order valence-electron chi connectivity index (χ0n) is 16.0. The number of carbonyl (C=O) groups is 4. The highest BCUT2D eigenvalue weighted by atomic mass is 16.4. The number of nitrogens with zero attached hydrogens (tertiary/aromatic N) is 1. The van der Waals surface area contributed by atoms with Crippen LogP contribution in [0.3, 0.4) is 0 Å². The fraction of sp³-hybridized carbons (Fsp3) is 0.765. The van der Waals surface area contributed by atoms with Gasteiger partial charge in [-0.1, -0.05) is 13.8 Å². The van der Waals surface area contributed by atoms with Gasteiger partial charge >= 0.3 is 5.97 Å². The van der Waals surface area contributed by atoms with Gasteiger partial charge in [-0.15, -0.1) is 0 Å². The molecular formula is C17H30N4O6. The summed E-state index contributed by atoms with van der Waals surface area (Å²) in [4.78, 5) is 49.2. The van der Waals surface area contributed by atoms with Crippen LogP contribution < -0.4 is 16.4 Å². The minimum atomic E-state index is -1.25. The molecule has 0 saturated carbocycles. The van der Waals surface area contributed by atoms with Gasteiger partial charge in [0.25, 0.3) is 0 Å². The molecule has 0 aromatic heterocycles. The van der Waals surface area contributed by atoms with Crippen LogP contribution in [0, 0.1) is 5.92 Å². The maximum absolute atomic E-state index is 12.4. The summed E-state index contributed by atoms with van der Waals surface area (Å²) in [6.07, 6.45) is 1.36. The smallest absolute Gasteiger partial charge is 0.326 e. The molecule has 10 heteroatoms. The monoisotopic (exact) mass is 386 g/mol. The molecule has 6 N–H and O–H groups in total. The predicted molar refractivity (Wildman–Crippen MR) is 96.4 cm³/mol. The van der Waals surface area contributed by atoms with E-state index in [4.69, 9.17) is 10.8 Å². The summed E-state index contributed by atoms with van der Waals surface area (Å²) in [6, 6.07) is -3.96. The first-order chi connectivity index (χ1) is 12.6. The lowest BCUT2D eigenvalue weighted by molar-refractivity contribution is -0.149. The number of carboxylic acids is 1. The van der Waals surface area contributed by atoms with Crippen molar-refractivity contribution in [3.63, 3.8) is 0 Å². The van der Waals surface area contributed by atoms with Gasteiger partial charge in [-0.25, -0.2) is 4.79 Å². The lowest BCUT2D eigenvalue weighted by atomic mass is 10.0. The fourth-order valence-corrected chi connectivity index (χ4v) is 3.00. The van der Waals surface area contributed by atoms with E-state index < -0.39 is 54.5 Å². The number of nitrogens with two attached hydrogens (primary N) is 1. The van der Waals surface area contributed by atoms with Crippen molar-refractivity contribution in [2.24, 2.45) is 11.7 Å². The van der Waals surface area contributed by atoms with Crippen LogP contribution in [0.15, 0.2) is 0 Å².